The molecule has 3 N–H and O–H groups in total. The number of rotatable bonds is 4. The second kappa shape index (κ2) is 4.57. The monoisotopic (exact) mass is 286 g/mol. The van der Waals surface area contributed by atoms with Crippen LogP contribution in [0, 0.1) is 12.3 Å². The van der Waals surface area contributed by atoms with E-state index in [1.807, 2.05) is 25.3 Å². The molecule has 0 bridgehead atoms. The van der Waals surface area contributed by atoms with Gasteiger partial charge in [-0.25, -0.2) is 18.1 Å². The van der Waals surface area contributed by atoms with Crippen LogP contribution in [0.5, 0.6) is 0 Å². The van der Waals surface area contributed by atoms with Gasteiger partial charge in [-0.2, -0.15) is 0 Å². The molecule has 2 rings (SSSR count). The summed E-state index contributed by atoms with van der Waals surface area (Å²) in [6.45, 7) is 8.40. The van der Waals surface area contributed by atoms with Gasteiger partial charge < -0.3 is 10.3 Å². The van der Waals surface area contributed by atoms with Crippen molar-refractivity contribution in [1.29, 1.82) is 0 Å². The zero-order valence-electron chi connectivity index (χ0n) is 11.8. The maximum absolute atomic E-state index is 12.3. The molecule has 1 fully saturated rings. The van der Waals surface area contributed by atoms with E-state index in [-0.39, 0.29) is 22.5 Å². The molecule has 2 unspecified atom stereocenters. The molecule has 1 heterocycles. The van der Waals surface area contributed by atoms with Crippen LogP contribution in [0.2, 0.25) is 0 Å². The molecule has 2 atom stereocenters. The number of nitrogens with two attached hydrogens (primary N) is 1. The Balaban J connectivity index is 2.19. The fraction of sp³-hybridized carbons (Fsp3) is 0.750. The van der Waals surface area contributed by atoms with Gasteiger partial charge in [-0.3, -0.25) is 0 Å². The van der Waals surface area contributed by atoms with Crippen molar-refractivity contribution in [3.8, 4) is 0 Å². The van der Waals surface area contributed by atoms with E-state index in [0.29, 0.717) is 18.8 Å². The Kier molecular flexibility index (Phi) is 3.49. The van der Waals surface area contributed by atoms with Crippen LogP contribution in [0.4, 0.5) is 0 Å². The van der Waals surface area contributed by atoms with Crippen LogP contribution in [0.3, 0.4) is 0 Å². The van der Waals surface area contributed by atoms with E-state index >= 15 is 0 Å². The minimum atomic E-state index is -3.56. The van der Waals surface area contributed by atoms with Crippen LogP contribution in [0.25, 0.3) is 0 Å². The largest absolute Gasteiger partial charge is 0.334 e. The number of nitrogens with zero attached hydrogens (tertiary/aromatic N) is 2. The first-order valence-corrected chi connectivity index (χ1v) is 7.98. The van der Waals surface area contributed by atoms with E-state index < -0.39 is 10.0 Å². The number of hydrogen-bond donors (Lipinski definition) is 2. The quantitative estimate of drug-likeness (QED) is 0.849. The molecule has 6 nitrogen and oxygen atoms in total. The molecular weight excluding hydrogens is 264 g/mol. The van der Waals surface area contributed by atoms with E-state index in [1.165, 1.54) is 0 Å². The lowest BCUT2D eigenvalue weighted by Crippen LogP contribution is -2.64. The summed E-state index contributed by atoms with van der Waals surface area (Å²) in [5.74, 6) is 0.701. The number of sulfonamides is 1. The summed E-state index contributed by atoms with van der Waals surface area (Å²) in [5.41, 5.74) is 5.69. The van der Waals surface area contributed by atoms with Crippen LogP contribution in [-0.4, -0.2) is 30.1 Å². The van der Waals surface area contributed by atoms with Gasteiger partial charge >= 0.3 is 0 Å². The Morgan fingerprint density at radius 1 is 1.58 bits per heavy atom. The maximum atomic E-state index is 12.3. The van der Waals surface area contributed by atoms with Crippen molar-refractivity contribution >= 4 is 10.0 Å². The van der Waals surface area contributed by atoms with Crippen LogP contribution in [0.15, 0.2) is 11.2 Å². The lowest BCUT2D eigenvalue weighted by Gasteiger charge is -2.50. The SMILES string of the molecule is CCn1cc(S(=O)(=O)NC2CC(N)C2(C)C)nc1C. The summed E-state index contributed by atoms with van der Waals surface area (Å²) >= 11 is 0. The zero-order chi connectivity index (χ0) is 14.4. The third-order valence-electron chi connectivity index (χ3n) is 4.21. The van der Waals surface area contributed by atoms with Crippen molar-refractivity contribution in [1.82, 2.24) is 14.3 Å². The van der Waals surface area contributed by atoms with Crippen molar-refractivity contribution in [3.05, 3.63) is 12.0 Å². The summed E-state index contributed by atoms with van der Waals surface area (Å²) in [4.78, 5) is 4.11. The molecule has 0 saturated heterocycles. The molecule has 0 aliphatic heterocycles. The Morgan fingerprint density at radius 3 is 2.63 bits per heavy atom. The van der Waals surface area contributed by atoms with Crippen molar-refractivity contribution < 1.29 is 8.42 Å². The van der Waals surface area contributed by atoms with Gasteiger partial charge in [0.05, 0.1) is 0 Å². The van der Waals surface area contributed by atoms with Gasteiger partial charge in [0.25, 0.3) is 10.0 Å². The lowest BCUT2D eigenvalue weighted by molar-refractivity contribution is 0.0903. The normalized spacial score (nSPS) is 26.2. The van der Waals surface area contributed by atoms with E-state index in [9.17, 15) is 8.42 Å². The van der Waals surface area contributed by atoms with Crippen LogP contribution in [0.1, 0.15) is 33.0 Å². The zero-order valence-corrected chi connectivity index (χ0v) is 12.7. The van der Waals surface area contributed by atoms with Crippen molar-refractivity contribution in [3.63, 3.8) is 0 Å². The number of nitrogens with one attached hydrogen (secondary N) is 1. The maximum Gasteiger partial charge on any atom is 0.259 e. The van der Waals surface area contributed by atoms with Gasteiger partial charge in [0, 0.05) is 24.8 Å². The molecule has 19 heavy (non-hydrogen) atoms. The third kappa shape index (κ3) is 2.42. The molecule has 1 aliphatic carbocycles. The first kappa shape index (κ1) is 14.5. The first-order chi connectivity index (χ1) is 8.68. The van der Waals surface area contributed by atoms with Crippen molar-refractivity contribution in [2.24, 2.45) is 11.1 Å². The number of hydrogen-bond acceptors (Lipinski definition) is 4. The Morgan fingerprint density at radius 2 is 2.21 bits per heavy atom. The molecule has 1 aliphatic rings. The fourth-order valence-electron chi connectivity index (χ4n) is 2.34. The molecule has 0 amide bonds. The van der Waals surface area contributed by atoms with E-state index in [4.69, 9.17) is 5.73 Å². The highest BCUT2D eigenvalue weighted by Crippen LogP contribution is 2.39. The van der Waals surface area contributed by atoms with Crippen molar-refractivity contribution in [2.45, 2.75) is 57.8 Å². The predicted molar refractivity (Wildman–Crippen MR) is 73.1 cm³/mol. The molecule has 0 aromatic carbocycles. The fourth-order valence-corrected chi connectivity index (χ4v) is 3.75. The second-order valence-corrected chi connectivity index (χ2v) is 7.41. The third-order valence-corrected chi connectivity index (χ3v) is 5.55. The number of aromatic nitrogens is 2. The van der Waals surface area contributed by atoms with E-state index in [2.05, 4.69) is 9.71 Å². The van der Waals surface area contributed by atoms with Gasteiger partial charge in [-0.15, -0.1) is 0 Å². The highest BCUT2D eigenvalue weighted by molar-refractivity contribution is 7.89. The number of aryl methyl sites for hydroxylation is 2. The van der Waals surface area contributed by atoms with Crippen LogP contribution >= 0.6 is 0 Å². The lowest BCUT2D eigenvalue weighted by atomic mass is 9.64. The standard InChI is InChI=1S/C12H22N4O2S/c1-5-16-7-11(14-8(16)2)19(17,18)15-10-6-9(13)12(10,3)4/h7,9-10,15H,5-6,13H2,1-4H3. The highest BCUT2D eigenvalue weighted by atomic mass is 32.2. The minimum absolute atomic E-state index is 0.0372. The van der Waals surface area contributed by atoms with Gasteiger partial charge in [-0.05, 0) is 25.7 Å². The van der Waals surface area contributed by atoms with E-state index in [0.717, 1.165) is 0 Å². The second-order valence-electron chi connectivity index (χ2n) is 5.75. The van der Waals surface area contributed by atoms with Crippen LogP contribution < -0.4 is 10.5 Å². The summed E-state index contributed by atoms with van der Waals surface area (Å²) in [5, 5.41) is 0.0862. The predicted octanol–water partition coefficient (Wildman–Crippen LogP) is 0.616. The Hall–Kier alpha value is -0.920. The number of imidazole rings is 1. The molecule has 0 spiro atoms. The molecule has 1 saturated carbocycles. The van der Waals surface area contributed by atoms with E-state index in [1.54, 1.807) is 13.1 Å². The topological polar surface area (TPSA) is 90.0 Å². The Labute approximate surface area is 114 Å². The molecule has 1 aromatic rings. The average molecular weight is 286 g/mol. The Bertz CT molecular complexity index is 577. The van der Waals surface area contributed by atoms with Crippen LogP contribution in [-0.2, 0) is 16.6 Å². The minimum Gasteiger partial charge on any atom is -0.334 e. The molecule has 0 radical (unpaired) electrons. The molecule has 108 valence electrons. The van der Waals surface area contributed by atoms with Gasteiger partial charge in [-0.1, -0.05) is 13.8 Å². The van der Waals surface area contributed by atoms with Gasteiger partial charge in [0.2, 0.25) is 0 Å². The highest BCUT2D eigenvalue weighted by Gasteiger charge is 2.48. The summed E-state index contributed by atoms with van der Waals surface area (Å²) in [6, 6.07) is -0.0882. The van der Waals surface area contributed by atoms with Crippen molar-refractivity contribution in [2.75, 3.05) is 0 Å². The van der Waals surface area contributed by atoms with Gasteiger partial charge in [0.1, 0.15) is 5.82 Å². The molecule has 7 heteroatoms. The summed E-state index contributed by atoms with van der Waals surface area (Å²) in [7, 11) is -3.56. The summed E-state index contributed by atoms with van der Waals surface area (Å²) < 4.78 is 29.1. The van der Waals surface area contributed by atoms with Gasteiger partial charge in [0.15, 0.2) is 5.03 Å². The summed E-state index contributed by atoms with van der Waals surface area (Å²) in [6.07, 6.45) is 2.24. The smallest absolute Gasteiger partial charge is 0.259 e. The molecular formula is C12H22N4O2S. The first-order valence-electron chi connectivity index (χ1n) is 6.50. The average Bonchev–Trinajstić information content (AvgIpc) is 2.71. The molecule has 1 aromatic heterocycles.